The lowest BCUT2D eigenvalue weighted by Gasteiger charge is -2.04. The normalized spacial score (nSPS) is 11.2. The minimum atomic E-state index is -4.05. The van der Waals surface area contributed by atoms with Crippen molar-refractivity contribution in [2.24, 2.45) is 0 Å². The number of nitrogens with zero attached hydrogens (tertiary/aromatic N) is 1. The van der Waals surface area contributed by atoms with Gasteiger partial charge in [-0.15, -0.1) is 0 Å². The predicted molar refractivity (Wildman–Crippen MR) is 57.4 cm³/mol. The number of carboxylic acid groups (broad SMARTS) is 1. The minimum absolute atomic E-state index is 0.160. The Morgan fingerprint density at radius 3 is 2.78 bits per heavy atom. The zero-order chi connectivity index (χ0) is 13.8. The Labute approximate surface area is 102 Å². The molecule has 1 heterocycles. The molecule has 10 heteroatoms. The molecule has 0 aliphatic carbocycles. The van der Waals surface area contributed by atoms with E-state index in [2.05, 4.69) is 19.7 Å². The van der Waals surface area contributed by atoms with Gasteiger partial charge >= 0.3 is 11.9 Å². The number of carboxylic acids is 1. The standard InChI is InChI=1S/C8H11N3O6S/c1-17-6(12)2-3-10-18(15,16)7-5(8(13)14)4-9-11-7/h4,10H,2-3H2,1H3,(H,9,11)(H,13,14). The number of ether oxygens (including phenoxy) is 1. The first-order valence-corrected chi connectivity index (χ1v) is 6.20. The Kier molecular flexibility index (Phi) is 4.39. The monoisotopic (exact) mass is 277 g/mol. The number of hydrogen-bond donors (Lipinski definition) is 3. The smallest absolute Gasteiger partial charge is 0.340 e. The van der Waals surface area contributed by atoms with Crippen molar-refractivity contribution >= 4 is 22.0 Å². The molecular formula is C8H11N3O6S. The van der Waals surface area contributed by atoms with Gasteiger partial charge in [0.15, 0.2) is 5.03 Å². The molecule has 18 heavy (non-hydrogen) atoms. The zero-order valence-corrected chi connectivity index (χ0v) is 10.2. The lowest BCUT2D eigenvalue weighted by Crippen LogP contribution is -2.28. The van der Waals surface area contributed by atoms with Gasteiger partial charge in [-0.05, 0) is 0 Å². The molecule has 0 aliphatic heterocycles. The molecule has 9 nitrogen and oxygen atoms in total. The van der Waals surface area contributed by atoms with Gasteiger partial charge in [0.1, 0.15) is 5.56 Å². The molecule has 0 unspecified atom stereocenters. The maximum atomic E-state index is 11.7. The molecule has 0 fully saturated rings. The highest BCUT2D eigenvalue weighted by atomic mass is 32.2. The summed E-state index contributed by atoms with van der Waals surface area (Å²) in [6.45, 7) is -0.201. The van der Waals surface area contributed by atoms with Crippen LogP contribution in [0.15, 0.2) is 11.2 Å². The average Bonchev–Trinajstić information content (AvgIpc) is 2.78. The van der Waals surface area contributed by atoms with E-state index in [1.54, 1.807) is 0 Å². The van der Waals surface area contributed by atoms with Crippen molar-refractivity contribution in [3.8, 4) is 0 Å². The molecule has 1 rings (SSSR count). The number of carbonyl (C=O) groups is 2. The van der Waals surface area contributed by atoms with Crippen molar-refractivity contribution in [3.63, 3.8) is 0 Å². The molecule has 0 aliphatic rings. The number of rotatable bonds is 6. The van der Waals surface area contributed by atoms with Gasteiger partial charge in [-0.3, -0.25) is 9.89 Å². The number of aromatic amines is 1. The van der Waals surface area contributed by atoms with Crippen LogP contribution in [-0.4, -0.2) is 49.3 Å². The molecule has 3 N–H and O–H groups in total. The predicted octanol–water partition coefficient (Wildman–Crippen LogP) is -1.05. The van der Waals surface area contributed by atoms with Crippen LogP contribution in [0, 0.1) is 0 Å². The molecule has 100 valence electrons. The fraction of sp³-hybridized carbons (Fsp3) is 0.375. The van der Waals surface area contributed by atoms with E-state index in [1.807, 2.05) is 0 Å². The number of H-pyrrole nitrogens is 1. The number of esters is 1. The second-order valence-electron chi connectivity index (χ2n) is 3.14. The summed E-state index contributed by atoms with van der Waals surface area (Å²) in [6, 6.07) is 0. The summed E-state index contributed by atoms with van der Waals surface area (Å²) in [7, 11) is -2.88. The molecule has 0 atom stereocenters. The fourth-order valence-corrected chi connectivity index (χ4v) is 2.21. The van der Waals surface area contributed by atoms with Crippen molar-refractivity contribution < 1.29 is 27.9 Å². The molecule has 0 amide bonds. The first-order valence-electron chi connectivity index (χ1n) is 4.71. The second kappa shape index (κ2) is 5.60. The van der Waals surface area contributed by atoms with Crippen molar-refractivity contribution in [1.29, 1.82) is 0 Å². The summed E-state index contributed by atoms with van der Waals surface area (Å²) in [5, 5.41) is 13.6. The molecule has 0 saturated heterocycles. The second-order valence-corrected chi connectivity index (χ2v) is 4.85. The van der Waals surface area contributed by atoms with Crippen LogP contribution in [-0.2, 0) is 19.6 Å². The number of aromatic nitrogens is 2. The van der Waals surface area contributed by atoms with E-state index in [9.17, 15) is 18.0 Å². The largest absolute Gasteiger partial charge is 0.478 e. The third kappa shape index (κ3) is 3.28. The highest BCUT2D eigenvalue weighted by molar-refractivity contribution is 7.89. The Morgan fingerprint density at radius 1 is 1.56 bits per heavy atom. The van der Waals surface area contributed by atoms with Crippen LogP contribution in [0.5, 0.6) is 0 Å². The van der Waals surface area contributed by atoms with Gasteiger partial charge in [0.2, 0.25) is 0 Å². The van der Waals surface area contributed by atoms with Gasteiger partial charge in [0.05, 0.1) is 19.7 Å². The number of nitrogens with one attached hydrogen (secondary N) is 2. The third-order valence-corrected chi connectivity index (χ3v) is 3.39. The van der Waals surface area contributed by atoms with Crippen LogP contribution in [0.1, 0.15) is 16.8 Å². The van der Waals surface area contributed by atoms with E-state index in [1.165, 1.54) is 7.11 Å². The number of sulfonamides is 1. The van der Waals surface area contributed by atoms with E-state index >= 15 is 0 Å². The van der Waals surface area contributed by atoms with Crippen molar-refractivity contribution in [2.75, 3.05) is 13.7 Å². The maximum absolute atomic E-state index is 11.7. The SMILES string of the molecule is COC(=O)CCNS(=O)(=O)c1[nH]ncc1C(=O)O. The molecule has 0 bridgehead atoms. The van der Waals surface area contributed by atoms with Gasteiger partial charge in [-0.1, -0.05) is 0 Å². The number of methoxy groups -OCH3 is 1. The Bertz CT molecular complexity index is 549. The summed E-state index contributed by atoms with van der Waals surface area (Å²) < 4.78 is 29.8. The lowest BCUT2D eigenvalue weighted by atomic mass is 10.4. The zero-order valence-electron chi connectivity index (χ0n) is 9.34. The first kappa shape index (κ1) is 14.1. The molecule has 0 spiro atoms. The summed E-state index contributed by atoms with van der Waals surface area (Å²) >= 11 is 0. The van der Waals surface area contributed by atoms with Crippen molar-refractivity contribution in [3.05, 3.63) is 11.8 Å². The van der Waals surface area contributed by atoms with E-state index in [0.29, 0.717) is 0 Å². The van der Waals surface area contributed by atoms with E-state index < -0.39 is 32.6 Å². The summed E-state index contributed by atoms with van der Waals surface area (Å²) in [6.07, 6.45) is 0.726. The van der Waals surface area contributed by atoms with Gasteiger partial charge < -0.3 is 9.84 Å². The first-order chi connectivity index (χ1) is 8.38. The molecule has 0 radical (unpaired) electrons. The third-order valence-electron chi connectivity index (χ3n) is 1.95. The van der Waals surface area contributed by atoms with Crippen LogP contribution in [0.4, 0.5) is 0 Å². The highest BCUT2D eigenvalue weighted by Gasteiger charge is 2.24. The topological polar surface area (TPSA) is 138 Å². The summed E-state index contributed by atoms with van der Waals surface area (Å²) in [5.41, 5.74) is -0.472. The average molecular weight is 277 g/mol. The molecule has 1 aromatic rings. The van der Waals surface area contributed by atoms with Crippen LogP contribution in [0.2, 0.25) is 0 Å². The van der Waals surface area contributed by atoms with Crippen LogP contribution in [0.3, 0.4) is 0 Å². The Morgan fingerprint density at radius 2 is 2.22 bits per heavy atom. The van der Waals surface area contributed by atoms with Gasteiger partial charge in [-0.2, -0.15) is 5.10 Å². The van der Waals surface area contributed by atoms with Gasteiger partial charge in [-0.25, -0.2) is 17.9 Å². The van der Waals surface area contributed by atoms with E-state index in [4.69, 9.17) is 5.11 Å². The molecule has 0 aromatic carbocycles. The summed E-state index contributed by atoms with van der Waals surface area (Å²) in [4.78, 5) is 21.5. The Balaban J connectivity index is 2.78. The van der Waals surface area contributed by atoms with Crippen LogP contribution in [0.25, 0.3) is 0 Å². The van der Waals surface area contributed by atoms with Gasteiger partial charge in [0, 0.05) is 6.54 Å². The highest BCUT2D eigenvalue weighted by Crippen LogP contribution is 2.11. The minimum Gasteiger partial charge on any atom is -0.478 e. The van der Waals surface area contributed by atoms with Crippen LogP contribution < -0.4 is 4.72 Å². The maximum Gasteiger partial charge on any atom is 0.340 e. The molecular weight excluding hydrogens is 266 g/mol. The summed E-state index contributed by atoms with van der Waals surface area (Å²) in [5.74, 6) is -2.00. The van der Waals surface area contributed by atoms with Crippen molar-refractivity contribution in [2.45, 2.75) is 11.4 Å². The van der Waals surface area contributed by atoms with Gasteiger partial charge in [0.25, 0.3) is 10.0 Å². The number of hydrogen-bond acceptors (Lipinski definition) is 6. The van der Waals surface area contributed by atoms with Crippen LogP contribution >= 0.6 is 0 Å². The Hall–Kier alpha value is -1.94. The fourth-order valence-electron chi connectivity index (χ4n) is 1.09. The lowest BCUT2D eigenvalue weighted by molar-refractivity contribution is -0.140. The quantitative estimate of drug-likeness (QED) is 0.564. The number of aromatic carboxylic acids is 1. The number of carbonyl (C=O) groups excluding carboxylic acids is 1. The molecule has 0 saturated carbocycles. The van der Waals surface area contributed by atoms with E-state index in [0.717, 1.165) is 6.20 Å². The molecule has 1 aromatic heterocycles. The van der Waals surface area contributed by atoms with Crippen molar-refractivity contribution in [1.82, 2.24) is 14.9 Å². The van der Waals surface area contributed by atoms with E-state index in [-0.39, 0.29) is 13.0 Å².